The molecule has 1 aromatic rings. The van der Waals surface area contributed by atoms with Gasteiger partial charge in [-0.2, -0.15) is 0 Å². The van der Waals surface area contributed by atoms with Gasteiger partial charge in [0.05, 0.1) is 6.04 Å². The molecule has 0 saturated heterocycles. The summed E-state index contributed by atoms with van der Waals surface area (Å²) in [5.41, 5.74) is 1.21. The molecule has 2 N–H and O–H groups in total. The lowest BCUT2D eigenvalue weighted by Gasteiger charge is -2.23. The largest absolute Gasteiger partial charge is 0.350 e. The summed E-state index contributed by atoms with van der Waals surface area (Å²) in [6, 6.07) is 4.78. The highest BCUT2D eigenvalue weighted by Crippen LogP contribution is 2.09. The van der Waals surface area contributed by atoms with Crippen LogP contribution >= 0.6 is 0 Å². The number of carbonyl (C=O) groups excluding carboxylic acids is 1. The van der Waals surface area contributed by atoms with Crippen molar-refractivity contribution in [2.75, 3.05) is 0 Å². The fourth-order valence-electron chi connectivity index (χ4n) is 1.59. The molecule has 0 spiro atoms. The summed E-state index contributed by atoms with van der Waals surface area (Å²) in [7, 11) is 0. The van der Waals surface area contributed by atoms with E-state index < -0.39 is 0 Å². The Kier molecular flexibility index (Phi) is 5.06. The van der Waals surface area contributed by atoms with Gasteiger partial charge in [-0.3, -0.25) is 4.79 Å². The van der Waals surface area contributed by atoms with E-state index >= 15 is 0 Å². The third-order valence-corrected chi connectivity index (χ3v) is 2.74. The van der Waals surface area contributed by atoms with Crippen LogP contribution < -0.4 is 10.6 Å². The van der Waals surface area contributed by atoms with Crippen molar-refractivity contribution in [1.82, 2.24) is 10.6 Å². The van der Waals surface area contributed by atoms with Crippen molar-refractivity contribution in [3.05, 3.63) is 35.1 Å². The number of halogens is 1. The van der Waals surface area contributed by atoms with Crippen molar-refractivity contribution in [2.24, 2.45) is 0 Å². The fourth-order valence-corrected chi connectivity index (χ4v) is 1.59. The first-order valence-corrected chi connectivity index (χ1v) is 6.49. The van der Waals surface area contributed by atoms with Crippen LogP contribution in [0, 0.1) is 12.7 Å². The normalized spacial score (nSPS) is 13.2. The van der Waals surface area contributed by atoms with Crippen molar-refractivity contribution in [3.8, 4) is 0 Å². The summed E-state index contributed by atoms with van der Waals surface area (Å²) in [6.45, 7) is 9.81. The highest BCUT2D eigenvalue weighted by molar-refractivity contribution is 5.81. The molecule has 0 saturated carbocycles. The van der Waals surface area contributed by atoms with Crippen LogP contribution in [-0.4, -0.2) is 17.5 Å². The van der Waals surface area contributed by atoms with Gasteiger partial charge in [0.1, 0.15) is 5.82 Å². The molecule has 1 atom stereocenters. The van der Waals surface area contributed by atoms with Gasteiger partial charge in [0, 0.05) is 12.1 Å². The summed E-state index contributed by atoms with van der Waals surface area (Å²) >= 11 is 0. The number of amides is 1. The molecule has 0 radical (unpaired) electrons. The van der Waals surface area contributed by atoms with Crippen LogP contribution in [0.25, 0.3) is 0 Å². The zero-order chi connectivity index (χ0) is 14.6. The van der Waals surface area contributed by atoms with Gasteiger partial charge in [-0.1, -0.05) is 12.1 Å². The highest BCUT2D eigenvalue weighted by Gasteiger charge is 2.18. The maximum atomic E-state index is 13.4. The molecule has 0 aliphatic carbocycles. The summed E-state index contributed by atoms with van der Waals surface area (Å²) in [5.74, 6) is -0.272. The molecule has 4 heteroatoms. The number of nitrogens with one attached hydrogen (secondary N) is 2. The quantitative estimate of drug-likeness (QED) is 0.879. The van der Waals surface area contributed by atoms with Crippen molar-refractivity contribution >= 4 is 5.91 Å². The van der Waals surface area contributed by atoms with Gasteiger partial charge in [-0.15, -0.1) is 0 Å². The molecule has 0 aliphatic rings. The first kappa shape index (κ1) is 15.6. The minimum Gasteiger partial charge on any atom is -0.350 e. The van der Waals surface area contributed by atoms with Crippen LogP contribution in [-0.2, 0) is 11.3 Å². The van der Waals surface area contributed by atoms with Gasteiger partial charge in [-0.25, -0.2) is 4.39 Å². The predicted octanol–water partition coefficient (Wildman–Crippen LogP) is 2.53. The standard InChI is InChI=1S/C15H23FN2O/c1-10-6-7-12(8-13(10)16)9-17-11(2)14(19)18-15(3,4)5/h6-8,11,17H,9H2,1-5H3,(H,18,19). The Bertz CT molecular complexity index is 452. The molecule has 1 rings (SSSR count). The molecular formula is C15H23FN2O. The predicted molar refractivity (Wildman–Crippen MR) is 75.3 cm³/mol. The third-order valence-electron chi connectivity index (χ3n) is 2.74. The summed E-state index contributed by atoms with van der Waals surface area (Å²) in [5, 5.41) is 5.99. The SMILES string of the molecule is Cc1ccc(CNC(C)C(=O)NC(C)(C)C)cc1F. The smallest absolute Gasteiger partial charge is 0.237 e. The van der Waals surface area contributed by atoms with E-state index in [1.54, 1.807) is 19.9 Å². The second-order valence-electron chi connectivity index (χ2n) is 5.93. The van der Waals surface area contributed by atoms with E-state index in [1.165, 1.54) is 6.07 Å². The van der Waals surface area contributed by atoms with Crippen molar-refractivity contribution in [1.29, 1.82) is 0 Å². The van der Waals surface area contributed by atoms with Gasteiger partial charge < -0.3 is 10.6 Å². The molecule has 19 heavy (non-hydrogen) atoms. The lowest BCUT2D eigenvalue weighted by Crippen LogP contribution is -2.49. The first-order chi connectivity index (χ1) is 8.69. The highest BCUT2D eigenvalue weighted by atomic mass is 19.1. The molecule has 1 amide bonds. The molecule has 1 aromatic carbocycles. The summed E-state index contributed by atoms with van der Waals surface area (Å²) in [6.07, 6.45) is 0. The molecule has 0 aliphatic heterocycles. The minimum atomic E-state index is -0.316. The van der Waals surface area contributed by atoms with Crippen molar-refractivity contribution in [3.63, 3.8) is 0 Å². The maximum absolute atomic E-state index is 13.4. The number of hydrogen-bond acceptors (Lipinski definition) is 2. The lowest BCUT2D eigenvalue weighted by molar-refractivity contribution is -0.124. The Labute approximate surface area is 114 Å². The second kappa shape index (κ2) is 6.15. The Morgan fingerprint density at radius 2 is 2.00 bits per heavy atom. The van der Waals surface area contributed by atoms with Crippen LogP contribution in [0.5, 0.6) is 0 Å². The van der Waals surface area contributed by atoms with E-state index in [0.717, 1.165) is 5.56 Å². The molecule has 0 bridgehead atoms. The number of hydrogen-bond donors (Lipinski definition) is 2. The first-order valence-electron chi connectivity index (χ1n) is 6.49. The van der Waals surface area contributed by atoms with E-state index in [-0.39, 0.29) is 23.3 Å². The Hall–Kier alpha value is -1.42. The second-order valence-corrected chi connectivity index (χ2v) is 5.93. The lowest BCUT2D eigenvalue weighted by atomic mass is 10.1. The summed E-state index contributed by atoms with van der Waals surface area (Å²) in [4.78, 5) is 11.9. The Morgan fingerprint density at radius 3 is 2.53 bits per heavy atom. The van der Waals surface area contributed by atoms with E-state index in [4.69, 9.17) is 0 Å². The van der Waals surface area contributed by atoms with Gasteiger partial charge in [0.25, 0.3) is 0 Å². The zero-order valence-electron chi connectivity index (χ0n) is 12.3. The van der Waals surface area contributed by atoms with Gasteiger partial charge in [0.15, 0.2) is 0 Å². The number of carbonyl (C=O) groups is 1. The average Bonchev–Trinajstić information content (AvgIpc) is 2.28. The monoisotopic (exact) mass is 266 g/mol. The Balaban J connectivity index is 2.52. The topological polar surface area (TPSA) is 41.1 Å². The minimum absolute atomic E-state index is 0.0555. The van der Waals surface area contributed by atoms with E-state index in [0.29, 0.717) is 12.1 Å². The summed E-state index contributed by atoms with van der Waals surface area (Å²) < 4.78 is 13.4. The number of aryl methyl sites for hydroxylation is 1. The van der Waals surface area contributed by atoms with E-state index in [1.807, 2.05) is 26.8 Å². The van der Waals surface area contributed by atoms with Crippen molar-refractivity contribution < 1.29 is 9.18 Å². The Morgan fingerprint density at radius 1 is 1.37 bits per heavy atom. The van der Waals surface area contributed by atoms with Crippen LogP contribution in [0.3, 0.4) is 0 Å². The number of rotatable bonds is 4. The molecule has 0 fully saturated rings. The van der Waals surface area contributed by atoms with Gasteiger partial charge in [-0.05, 0) is 51.8 Å². The zero-order valence-corrected chi connectivity index (χ0v) is 12.3. The number of benzene rings is 1. The van der Waals surface area contributed by atoms with E-state index in [2.05, 4.69) is 10.6 Å². The molecule has 1 unspecified atom stereocenters. The van der Waals surface area contributed by atoms with Gasteiger partial charge >= 0.3 is 0 Å². The van der Waals surface area contributed by atoms with Crippen LogP contribution in [0.15, 0.2) is 18.2 Å². The molecule has 0 aromatic heterocycles. The van der Waals surface area contributed by atoms with E-state index in [9.17, 15) is 9.18 Å². The molecule has 0 heterocycles. The molecule has 3 nitrogen and oxygen atoms in total. The molecule has 106 valence electrons. The van der Waals surface area contributed by atoms with Crippen LogP contribution in [0.4, 0.5) is 4.39 Å². The molecular weight excluding hydrogens is 243 g/mol. The maximum Gasteiger partial charge on any atom is 0.237 e. The van der Waals surface area contributed by atoms with Crippen molar-refractivity contribution in [2.45, 2.75) is 52.7 Å². The van der Waals surface area contributed by atoms with Crippen LogP contribution in [0.1, 0.15) is 38.8 Å². The van der Waals surface area contributed by atoms with Crippen LogP contribution in [0.2, 0.25) is 0 Å². The van der Waals surface area contributed by atoms with Gasteiger partial charge in [0.2, 0.25) is 5.91 Å². The average molecular weight is 266 g/mol. The third kappa shape index (κ3) is 5.39. The fraction of sp³-hybridized carbons (Fsp3) is 0.533.